The molecule has 5 rings (SSSR count). The second-order valence-corrected chi connectivity index (χ2v) is 7.67. The maximum absolute atomic E-state index is 4.82. The predicted octanol–water partition coefficient (Wildman–Crippen LogP) is 3.37. The fraction of sp³-hybridized carbons (Fsp3) is 0.318. The lowest BCUT2D eigenvalue weighted by molar-refractivity contribution is 0.263. The molecule has 1 aromatic carbocycles. The van der Waals surface area contributed by atoms with Gasteiger partial charge in [-0.3, -0.25) is 4.98 Å². The van der Waals surface area contributed by atoms with Gasteiger partial charge in [0.05, 0.1) is 17.4 Å². The lowest BCUT2D eigenvalue weighted by atomic mass is 10.1. The van der Waals surface area contributed by atoms with Crippen LogP contribution in [-0.2, 0) is 6.42 Å². The highest BCUT2D eigenvalue weighted by Gasteiger charge is 2.17. The molecule has 0 bridgehead atoms. The highest BCUT2D eigenvalue weighted by molar-refractivity contribution is 5.79. The molecule has 1 N–H and O–H groups in total. The number of imidazole rings is 1. The van der Waals surface area contributed by atoms with E-state index in [-0.39, 0.29) is 0 Å². The topological polar surface area (TPSA) is 58.3 Å². The number of anilines is 1. The molecule has 1 fully saturated rings. The first-order chi connectivity index (χ1) is 13.7. The van der Waals surface area contributed by atoms with Crippen molar-refractivity contribution in [2.75, 3.05) is 25.5 Å². The van der Waals surface area contributed by atoms with Crippen LogP contribution in [0.15, 0.2) is 54.9 Å². The van der Waals surface area contributed by atoms with Crippen LogP contribution >= 0.6 is 0 Å². The maximum atomic E-state index is 4.82. The van der Waals surface area contributed by atoms with Crippen molar-refractivity contribution in [1.82, 2.24) is 24.5 Å². The van der Waals surface area contributed by atoms with Crippen molar-refractivity contribution >= 4 is 22.4 Å². The molecule has 0 saturated carbocycles. The fourth-order valence-electron chi connectivity index (χ4n) is 3.92. The van der Waals surface area contributed by atoms with Crippen molar-refractivity contribution in [3.63, 3.8) is 0 Å². The van der Waals surface area contributed by atoms with Gasteiger partial charge in [0.2, 0.25) is 0 Å². The second-order valence-electron chi connectivity index (χ2n) is 7.67. The lowest BCUT2D eigenvalue weighted by Crippen LogP contribution is -2.36. The third-order valence-electron chi connectivity index (χ3n) is 5.56. The summed E-state index contributed by atoms with van der Waals surface area (Å²) in [4.78, 5) is 11.3. The van der Waals surface area contributed by atoms with E-state index < -0.39 is 0 Å². The van der Waals surface area contributed by atoms with Crippen molar-refractivity contribution in [1.29, 1.82) is 0 Å². The molecule has 0 atom stereocenters. The molecule has 0 radical (unpaired) electrons. The van der Waals surface area contributed by atoms with E-state index in [1.807, 2.05) is 35.1 Å². The Balaban J connectivity index is 1.39. The smallest absolute Gasteiger partial charge is 0.153 e. The van der Waals surface area contributed by atoms with Gasteiger partial charge in [0.15, 0.2) is 5.65 Å². The highest BCUT2D eigenvalue weighted by Crippen LogP contribution is 2.19. The van der Waals surface area contributed by atoms with E-state index in [1.54, 1.807) is 0 Å². The van der Waals surface area contributed by atoms with Gasteiger partial charge in [0, 0.05) is 24.0 Å². The number of piperidine rings is 1. The fourth-order valence-corrected chi connectivity index (χ4v) is 3.92. The minimum Gasteiger partial charge on any atom is -0.366 e. The van der Waals surface area contributed by atoms with Gasteiger partial charge >= 0.3 is 0 Å². The zero-order valence-corrected chi connectivity index (χ0v) is 16.0. The van der Waals surface area contributed by atoms with Gasteiger partial charge in [0.1, 0.15) is 5.82 Å². The zero-order chi connectivity index (χ0) is 18.9. The number of benzene rings is 1. The van der Waals surface area contributed by atoms with Crippen molar-refractivity contribution in [3.8, 4) is 0 Å². The molecule has 6 nitrogen and oxygen atoms in total. The van der Waals surface area contributed by atoms with Gasteiger partial charge in [-0.25, -0.2) is 9.50 Å². The van der Waals surface area contributed by atoms with Gasteiger partial charge in [-0.1, -0.05) is 12.1 Å². The maximum Gasteiger partial charge on any atom is 0.153 e. The van der Waals surface area contributed by atoms with E-state index in [1.165, 1.54) is 5.56 Å². The molecule has 0 amide bonds. The molecule has 3 aromatic heterocycles. The van der Waals surface area contributed by atoms with E-state index in [0.29, 0.717) is 6.04 Å². The quantitative estimate of drug-likeness (QED) is 0.595. The summed E-state index contributed by atoms with van der Waals surface area (Å²) in [6.07, 6.45) is 6.84. The number of aromatic nitrogens is 4. The standard InChI is InChI=1S/C22H24N6/c1-27-11-8-18(9-12-27)25-21-6-7-22-24-15-19(28(22)26-21)14-16-4-5-20-17(13-16)3-2-10-23-20/h2-7,10,13,15,18H,8-9,11-12,14H2,1H3,(H,25,26). The van der Waals surface area contributed by atoms with Crippen LogP contribution in [0.5, 0.6) is 0 Å². The minimum absolute atomic E-state index is 0.487. The van der Waals surface area contributed by atoms with Crippen molar-refractivity contribution < 1.29 is 0 Å². The monoisotopic (exact) mass is 372 g/mol. The largest absolute Gasteiger partial charge is 0.366 e. The minimum atomic E-state index is 0.487. The Morgan fingerprint density at radius 1 is 1.07 bits per heavy atom. The van der Waals surface area contributed by atoms with Crippen LogP contribution in [0.2, 0.25) is 0 Å². The van der Waals surface area contributed by atoms with Crippen LogP contribution in [0.1, 0.15) is 24.1 Å². The first-order valence-electron chi connectivity index (χ1n) is 9.87. The van der Waals surface area contributed by atoms with Crippen LogP contribution in [0.3, 0.4) is 0 Å². The Hall–Kier alpha value is -2.99. The van der Waals surface area contributed by atoms with E-state index in [0.717, 1.165) is 60.4 Å². The molecule has 0 aliphatic carbocycles. The summed E-state index contributed by atoms with van der Waals surface area (Å²) in [6, 6.07) is 15.0. The van der Waals surface area contributed by atoms with Gasteiger partial charge in [0.25, 0.3) is 0 Å². The van der Waals surface area contributed by atoms with Crippen LogP contribution in [0.25, 0.3) is 16.6 Å². The van der Waals surface area contributed by atoms with E-state index in [9.17, 15) is 0 Å². The number of nitrogens with one attached hydrogen (secondary N) is 1. The molecule has 0 spiro atoms. The highest BCUT2D eigenvalue weighted by atomic mass is 15.3. The molecule has 1 saturated heterocycles. The lowest BCUT2D eigenvalue weighted by Gasteiger charge is -2.29. The molecular formula is C22H24N6. The molecular weight excluding hydrogens is 348 g/mol. The molecule has 1 aliphatic rings. The summed E-state index contributed by atoms with van der Waals surface area (Å²) in [5.41, 5.74) is 4.22. The molecule has 1 aliphatic heterocycles. The Kier molecular flexibility index (Phi) is 4.41. The number of hydrogen-bond acceptors (Lipinski definition) is 5. The normalized spacial score (nSPS) is 16.0. The predicted molar refractivity (Wildman–Crippen MR) is 112 cm³/mol. The van der Waals surface area contributed by atoms with Gasteiger partial charge in [-0.2, -0.15) is 0 Å². The number of pyridine rings is 1. The number of nitrogens with zero attached hydrogens (tertiary/aromatic N) is 5. The van der Waals surface area contributed by atoms with Crippen molar-refractivity contribution in [2.45, 2.75) is 25.3 Å². The average molecular weight is 372 g/mol. The summed E-state index contributed by atoms with van der Waals surface area (Å²) >= 11 is 0. The van der Waals surface area contributed by atoms with Crippen molar-refractivity contribution in [2.24, 2.45) is 0 Å². The first kappa shape index (κ1) is 17.1. The molecule has 28 heavy (non-hydrogen) atoms. The molecule has 4 aromatic rings. The Morgan fingerprint density at radius 3 is 2.86 bits per heavy atom. The number of rotatable bonds is 4. The third-order valence-corrected chi connectivity index (χ3v) is 5.56. The molecule has 0 unspecified atom stereocenters. The van der Waals surface area contributed by atoms with Crippen LogP contribution in [-0.4, -0.2) is 50.7 Å². The van der Waals surface area contributed by atoms with Crippen LogP contribution in [0.4, 0.5) is 5.82 Å². The van der Waals surface area contributed by atoms with E-state index >= 15 is 0 Å². The third kappa shape index (κ3) is 3.43. The number of fused-ring (bicyclic) bond motifs is 2. The van der Waals surface area contributed by atoms with E-state index in [2.05, 4.69) is 51.5 Å². The number of likely N-dealkylation sites (tertiary alicyclic amines) is 1. The molecule has 4 heterocycles. The van der Waals surface area contributed by atoms with E-state index in [4.69, 9.17) is 5.10 Å². The summed E-state index contributed by atoms with van der Waals surface area (Å²) < 4.78 is 1.96. The van der Waals surface area contributed by atoms with Gasteiger partial charge in [-0.15, -0.1) is 5.10 Å². The summed E-state index contributed by atoms with van der Waals surface area (Å²) in [5.74, 6) is 0.920. The molecule has 6 heteroatoms. The summed E-state index contributed by atoms with van der Waals surface area (Å²) in [6.45, 7) is 2.26. The van der Waals surface area contributed by atoms with Gasteiger partial charge < -0.3 is 10.2 Å². The second kappa shape index (κ2) is 7.20. The van der Waals surface area contributed by atoms with Crippen LogP contribution < -0.4 is 5.32 Å². The summed E-state index contributed by atoms with van der Waals surface area (Å²) in [5, 5.41) is 9.59. The number of hydrogen-bond donors (Lipinski definition) is 1. The first-order valence-corrected chi connectivity index (χ1v) is 9.87. The van der Waals surface area contributed by atoms with Crippen LogP contribution in [0, 0.1) is 0 Å². The van der Waals surface area contributed by atoms with Gasteiger partial charge in [-0.05, 0) is 68.9 Å². The Bertz CT molecular complexity index is 1110. The SMILES string of the molecule is CN1CCC(Nc2ccc3ncc(Cc4ccc5ncccc5c4)n3n2)CC1. The summed E-state index contributed by atoms with van der Waals surface area (Å²) in [7, 11) is 2.18. The zero-order valence-electron chi connectivity index (χ0n) is 16.0. The average Bonchev–Trinajstić information content (AvgIpc) is 3.12. The molecule has 142 valence electrons. The van der Waals surface area contributed by atoms with Crippen molar-refractivity contribution in [3.05, 3.63) is 66.1 Å². The Labute approximate surface area is 164 Å². The Morgan fingerprint density at radius 2 is 1.96 bits per heavy atom.